The molecule has 9 heteroatoms. The van der Waals surface area contributed by atoms with Crippen LogP contribution in [-0.2, 0) is 17.4 Å². The van der Waals surface area contributed by atoms with E-state index < -0.39 is 27.7 Å². The lowest BCUT2D eigenvalue weighted by Gasteiger charge is -2.46. The molecule has 1 heterocycles. The molecule has 0 aliphatic heterocycles. The number of halogens is 2. The quantitative estimate of drug-likeness (QED) is 0.730. The van der Waals surface area contributed by atoms with Gasteiger partial charge in [0.25, 0.3) is 0 Å². The average molecular weight is 345 g/mol. The molecule has 1 atom stereocenters. The van der Waals surface area contributed by atoms with Crippen LogP contribution in [0.3, 0.4) is 0 Å². The summed E-state index contributed by atoms with van der Waals surface area (Å²) in [5.41, 5.74) is -2.10. The van der Waals surface area contributed by atoms with Crippen LogP contribution in [0.1, 0.15) is 24.6 Å². The first-order chi connectivity index (χ1) is 10.8. The molecule has 1 aromatic heterocycles. The van der Waals surface area contributed by atoms with E-state index in [0.29, 0.717) is 5.69 Å². The van der Waals surface area contributed by atoms with E-state index in [4.69, 9.17) is 5.11 Å². The molecule has 126 valence electrons. The van der Waals surface area contributed by atoms with Gasteiger partial charge >= 0.3 is 5.25 Å². The number of nitrogens with zero attached hydrogens (tertiary/aromatic N) is 3. The number of rotatable bonds is 7. The van der Waals surface area contributed by atoms with Crippen molar-refractivity contribution < 1.29 is 23.2 Å². The highest BCUT2D eigenvalue weighted by atomic mass is 32.2. The number of hydrogen-bond acceptors (Lipinski definition) is 5. The van der Waals surface area contributed by atoms with Crippen LogP contribution in [0.4, 0.5) is 8.78 Å². The number of alkyl halides is 2. The SMILES string of the molecule is C=C/C=C(\C=C)S(=O)C(F)(F)C1(O)CC(n2cc(CO)nn2)C1. The van der Waals surface area contributed by atoms with Gasteiger partial charge in [0, 0.05) is 17.7 Å². The van der Waals surface area contributed by atoms with Gasteiger partial charge in [0.1, 0.15) is 22.1 Å². The van der Waals surface area contributed by atoms with Crippen molar-refractivity contribution in [1.82, 2.24) is 15.0 Å². The molecular formula is C14H17F2N3O3S. The smallest absolute Gasteiger partial charge is 0.353 e. The molecule has 1 aliphatic rings. The Morgan fingerprint density at radius 2 is 2.22 bits per heavy atom. The Labute approximate surface area is 134 Å². The van der Waals surface area contributed by atoms with Gasteiger partial charge in [-0.3, -0.25) is 0 Å². The van der Waals surface area contributed by atoms with Crippen molar-refractivity contribution in [2.75, 3.05) is 0 Å². The normalized spacial score (nSPS) is 26.4. The second-order valence-corrected chi connectivity index (χ2v) is 6.76. The van der Waals surface area contributed by atoms with E-state index in [1.807, 2.05) is 0 Å². The molecule has 1 saturated carbocycles. The lowest BCUT2D eigenvalue weighted by atomic mass is 9.75. The maximum atomic E-state index is 14.4. The molecule has 1 fully saturated rings. The Bertz CT molecular complexity index is 666. The minimum Gasteiger partial charge on any atom is -0.390 e. The highest BCUT2D eigenvalue weighted by Gasteiger charge is 2.64. The number of aromatic nitrogens is 3. The second-order valence-electron chi connectivity index (χ2n) is 5.24. The summed E-state index contributed by atoms with van der Waals surface area (Å²) < 4.78 is 42.2. The third kappa shape index (κ3) is 3.04. The van der Waals surface area contributed by atoms with Crippen LogP contribution >= 0.6 is 0 Å². The van der Waals surface area contributed by atoms with Crippen molar-refractivity contribution >= 4 is 10.8 Å². The van der Waals surface area contributed by atoms with E-state index >= 15 is 0 Å². The highest BCUT2D eigenvalue weighted by Crippen LogP contribution is 2.52. The zero-order valence-corrected chi connectivity index (χ0v) is 13.0. The first-order valence-electron chi connectivity index (χ1n) is 6.78. The summed E-state index contributed by atoms with van der Waals surface area (Å²) in [4.78, 5) is -0.204. The predicted molar refractivity (Wildman–Crippen MR) is 80.7 cm³/mol. The van der Waals surface area contributed by atoms with Crippen LogP contribution in [0.15, 0.2) is 42.5 Å². The zero-order valence-electron chi connectivity index (χ0n) is 12.2. The van der Waals surface area contributed by atoms with Crippen LogP contribution in [0.2, 0.25) is 0 Å². The molecule has 0 amide bonds. The van der Waals surface area contributed by atoms with Gasteiger partial charge in [0.2, 0.25) is 0 Å². The Morgan fingerprint density at radius 3 is 2.70 bits per heavy atom. The standard InChI is InChI=1S/C14H17F2N3O3S/c1-3-5-12(4-2)23(22)14(15,16)13(21)6-11(7-13)19-8-10(9-20)17-18-19/h3-5,8,11,20-21H,1-2,6-7,9H2/b12-5+. The van der Waals surface area contributed by atoms with E-state index in [-0.39, 0.29) is 24.4 Å². The summed E-state index contributed by atoms with van der Waals surface area (Å²) in [6, 6.07) is -0.494. The molecule has 0 aromatic carbocycles. The van der Waals surface area contributed by atoms with Crippen LogP contribution in [0.5, 0.6) is 0 Å². The fourth-order valence-electron chi connectivity index (χ4n) is 2.35. The maximum Gasteiger partial charge on any atom is 0.353 e. The van der Waals surface area contributed by atoms with Crippen molar-refractivity contribution in [1.29, 1.82) is 0 Å². The highest BCUT2D eigenvalue weighted by molar-refractivity contribution is 7.90. The van der Waals surface area contributed by atoms with Crippen LogP contribution in [-0.4, -0.2) is 40.3 Å². The average Bonchev–Trinajstić information content (AvgIpc) is 2.97. The summed E-state index contributed by atoms with van der Waals surface area (Å²) in [6.07, 6.45) is 4.23. The van der Waals surface area contributed by atoms with Gasteiger partial charge in [-0.25, -0.2) is 8.89 Å². The second kappa shape index (κ2) is 6.42. The van der Waals surface area contributed by atoms with Crippen LogP contribution in [0, 0.1) is 0 Å². The Balaban J connectivity index is 2.15. The van der Waals surface area contributed by atoms with Crippen molar-refractivity contribution in [3.05, 3.63) is 48.2 Å². The zero-order chi connectivity index (χ0) is 17.3. The van der Waals surface area contributed by atoms with Crippen molar-refractivity contribution in [3.8, 4) is 0 Å². The van der Waals surface area contributed by atoms with E-state index in [1.165, 1.54) is 23.0 Å². The Kier molecular flexibility index (Phi) is 4.92. The van der Waals surface area contributed by atoms with Gasteiger partial charge < -0.3 is 10.2 Å². The van der Waals surface area contributed by atoms with E-state index in [0.717, 1.165) is 6.08 Å². The lowest BCUT2D eigenvalue weighted by Crippen LogP contribution is -2.59. The summed E-state index contributed by atoms with van der Waals surface area (Å²) in [5.74, 6) is 0. The molecular weight excluding hydrogens is 328 g/mol. The summed E-state index contributed by atoms with van der Waals surface area (Å²) in [5, 5.41) is 22.6. The predicted octanol–water partition coefficient (Wildman–Crippen LogP) is 1.43. The van der Waals surface area contributed by atoms with Crippen LogP contribution < -0.4 is 0 Å². The number of allylic oxidation sites excluding steroid dienone is 3. The molecule has 0 bridgehead atoms. The first-order valence-corrected chi connectivity index (χ1v) is 7.93. The Morgan fingerprint density at radius 1 is 1.57 bits per heavy atom. The molecule has 0 radical (unpaired) electrons. The third-order valence-corrected chi connectivity index (χ3v) is 5.29. The minimum absolute atomic E-state index is 0.204. The maximum absolute atomic E-state index is 14.4. The summed E-state index contributed by atoms with van der Waals surface area (Å²) in [7, 11) is -2.75. The molecule has 0 spiro atoms. The minimum atomic E-state index is -3.84. The van der Waals surface area contributed by atoms with Gasteiger partial charge in [0.05, 0.1) is 18.8 Å². The van der Waals surface area contributed by atoms with Gasteiger partial charge in [-0.1, -0.05) is 30.5 Å². The van der Waals surface area contributed by atoms with Crippen molar-refractivity contribution in [2.24, 2.45) is 0 Å². The fourth-order valence-corrected chi connectivity index (χ4v) is 3.53. The first kappa shape index (κ1) is 17.6. The van der Waals surface area contributed by atoms with E-state index in [1.54, 1.807) is 0 Å². The molecule has 23 heavy (non-hydrogen) atoms. The van der Waals surface area contributed by atoms with Gasteiger partial charge in [0.15, 0.2) is 0 Å². The molecule has 1 aromatic rings. The molecule has 1 unspecified atom stereocenters. The molecule has 2 rings (SSSR count). The summed E-state index contributed by atoms with van der Waals surface area (Å²) >= 11 is 0. The van der Waals surface area contributed by atoms with Crippen LogP contribution in [0.25, 0.3) is 0 Å². The topological polar surface area (TPSA) is 88.2 Å². The van der Waals surface area contributed by atoms with E-state index in [2.05, 4.69) is 23.5 Å². The largest absolute Gasteiger partial charge is 0.390 e. The van der Waals surface area contributed by atoms with Crippen molar-refractivity contribution in [3.63, 3.8) is 0 Å². The third-order valence-electron chi connectivity index (χ3n) is 3.71. The van der Waals surface area contributed by atoms with Gasteiger partial charge in [-0.2, -0.15) is 8.78 Å². The summed E-state index contributed by atoms with van der Waals surface area (Å²) in [6.45, 7) is 6.40. The lowest BCUT2D eigenvalue weighted by molar-refractivity contribution is -0.186. The van der Waals surface area contributed by atoms with Gasteiger partial charge in [-0.05, 0) is 6.08 Å². The van der Waals surface area contributed by atoms with Crippen molar-refractivity contribution in [2.45, 2.75) is 36.3 Å². The number of hydrogen-bond donors (Lipinski definition) is 2. The Hall–Kier alpha value is -1.71. The number of aliphatic hydroxyl groups excluding tert-OH is 1. The molecule has 6 nitrogen and oxygen atoms in total. The monoisotopic (exact) mass is 345 g/mol. The molecule has 2 N–H and O–H groups in total. The molecule has 1 aliphatic carbocycles. The van der Waals surface area contributed by atoms with E-state index in [9.17, 15) is 18.1 Å². The fraction of sp³-hybridized carbons (Fsp3) is 0.429. The number of aliphatic hydroxyl groups is 2. The molecule has 0 saturated heterocycles. The van der Waals surface area contributed by atoms with Gasteiger partial charge in [-0.15, -0.1) is 5.10 Å².